The van der Waals surface area contributed by atoms with Crippen molar-refractivity contribution in [3.63, 3.8) is 0 Å². The number of carbonyl (C=O) groups excluding carboxylic acids is 4. The standard InChI is InChI=1S/C35H25FN2O5/c1-20(39)43-25-17-12-23(13-18-25)33(41)31-30(32(40)22-10-15-24(36)16-11-22)35(26-7-3-4-8-27(26)37-34(35)42)29-19-14-21-6-2-5-9-28(21)38(29)31/h2-19,29-31H,1H3,(H,37,42)/t29-,30+,31-,35-/m1/s1. The molecule has 1 saturated heterocycles. The van der Waals surface area contributed by atoms with Crippen molar-refractivity contribution in [2.24, 2.45) is 5.92 Å². The summed E-state index contributed by atoms with van der Waals surface area (Å²) in [6.45, 7) is 1.29. The highest BCUT2D eigenvalue weighted by Gasteiger charge is 2.70. The molecule has 1 N–H and O–H groups in total. The Balaban J connectivity index is 1.48. The lowest BCUT2D eigenvalue weighted by molar-refractivity contribution is -0.131. The van der Waals surface area contributed by atoms with Crippen LogP contribution in [-0.4, -0.2) is 35.5 Å². The molecule has 4 atom stereocenters. The second-order valence-corrected chi connectivity index (χ2v) is 10.9. The molecule has 7 rings (SSSR count). The van der Waals surface area contributed by atoms with E-state index >= 15 is 0 Å². The number of rotatable bonds is 5. The number of nitrogens with zero attached hydrogens (tertiary/aromatic N) is 1. The molecule has 0 aliphatic carbocycles. The van der Waals surface area contributed by atoms with Crippen LogP contribution in [0.4, 0.5) is 15.8 Å². The fraction of sp³-hybridized carbons (Fsp3) is 0.143. The van der Waals surface area contributed by atoms with Gasteiger partial charge in [-0.05, 0) is 71.8 Å². The number of benzene rings is 4. The number of para-hydroxylation sites is 2. The first kappa shape index (κ1) is 26.5. The topological polar surface area (TPSA) is 92.8 Å². The Hall–Kier alpha value is -5.37. The maximum absolute atomic E-state index is 14.7. The van der Waals surface area contributed by atoms with E-state index in [0.29, 0.717) is 11.3 Å². The molecule has 0 bridgehead atoms. The number of ether oxygens (including phenoxy) is 1. The maximum atomic E-state index is 14.7. The highest BCUT2D eigenvalue weighted by atomic mass is 19.1. The summed E-state index contributed by atoms with van der Waals surface area (Å²) in [7, 11) is 0. The average molecular weight is 573 g/mol. The predicted molar refractivity (Wildman–Crippen MR) is 159 cm³/mol. The molecule has 3 heterocycles. The molecule has 1 fully saturated rings. The van der Waals surface area contributed by atoms with E-state index in [1.807, 2.05) is 53.5 Å². The van der Waals surface area contributed by atoms with Crippen LogP contribution >= 0.6 is 0 Å². The van der Waals surface area contributed by atoms with Crippen molar-refractivity contribution >= 4 is 40.9 Å². The van der Waals surface area contributed by atoms with Crippen molar-refractivity contribution in [2.75, 3.05) is 10.2 Å². The van der Waals surface area contributed by atoms with Crippen molar-refractivity contribution < 1.29 is 28.3 Å². The zero-order chi connectivity index (χ0) is 29.9. The number of nitrogens with one attached hydrogen (secondary N) is 1. The lowest BCUT2D eigenvalue weighted by Crippen LogP contribution is -2.51. The number of ketones is 2. The third-order valence-electron chi connectivity index (χ3n) is 8.62. The van der Waals surface area contributed by atoms with Gasteiger partial charge in [0.15, 0.2) is 11.6 Å². The molecule has 0 radical (unpaired) electrons. The molecule has 0 aromatic heterocycles. The molecule has 4 aromatic carbocycles. The molecule has 0 unspecified atom stereocenters. The number of Topliss-reactive ketones (excluding diaryl/α,β-unsaturated/α-hetero) is 2. The summed E-state index contributed by atoms with van der Waals surface area (Å²) in [6, 6.07) is 24.3. The van der Waals surface area contributed by atoms with Crippen molar-refractivity contribution in [2.45, 2.75) is 24.4 Å². The van der Waals surface area contributed by atoms with Gasteiger partial charge in [-0.2, -0.15) is 0 Å². The van der Waals surface area contributed by atoms with Crippen molar-refractivity contribution in [3.8, 4) is 5.75 Å². The molecule has 0 saturated carbocycles. The molecule has 8 heteroatoms. The van der Waals surface area contributed by atoms with Crippen molar-refractivity contribution in [1.82, 2.24) is 0 Å². The fourth-order valence-electron chi connectivity index (χ4n) is 6.94. The first-order valence-corrected chi connectivity index (χ1v) is 13.9. The second-order valence-electron chi connectivity index (χ2n) is 10.9. The number of amides is 1. The first-order valence-electron chi connectivity index (χ1n) is 13.9. The van der Waals surface area contributed by atoms with E-state index < -0.39 is 41.0 Å². The summed E-state index contributed by atoms with van der Waals surface area (Å²) in [4.78, 5) is 57.1. The third kappa shape index (κ3) is 3.94. The molecular formula is C35H25FN2O5. The molecule has 3 aliphatic heterocycles. The van der Waals surface area contributed by atoms with Gasteiger partial charge in [0.05, 0.1) is 12.0 Å². The highest BCUT2D eigenvalue weighted by molar-refractivity contribution is 6.18. The van der Waals surface area contributed by atoms with Crippen LogP contribution in [0.25, 0.3) is 6.08 Å². The minimum Gasteiger partial charge on any atom is -0.427 e. The number of hydrogen-bond acceptors (Lipinski definition) is 6. The van der Waals surface area contributed by atoms with Crippen LogP contribution in [0.2, 0.25) is 0 Å². The van der Waals surface area contributed by atoms with Gasteiger partial charge in [-0.1, -0.05) is 48.6 Å². The van der Waals surface area contributed by atoms with Gasteiger partial charge in [-0.25, -0.2) is 4.39 Å². The van der Waals surface area contributed by atoms with Crippen LogP contribution in [0, 0.1) is 11.7 Å². The predicted octanol–water partition coefficient (Wildman–Crippen LogP) is 5.61. The van der Waals surface area contributed by atoms with Gasteiger partial charge in [0.2, 0.25) is 5.91 Å². The van der Waals surface area contributed by atoms with E-state index in [2.05, 4.69) is 5.32 Å². The van der Waals surface area contributed by atoms with Gasteiger partial charge < -0.3 is 15.0 Å². The normalized spacial score (nSPS) is 22.9. The Morgan fingerprint density at radius 2 is 1.49 bits per heavy atom. The number of esters is 1. The van der Waals surface area contributed by atoms with Gasteiger partial charge >= 0.3 is 5.97 Å². The Bertz CT molecular complexity index is 1850. The average Bonchev–Trinajstić information content (AvgIpc) is 3.49. The van der Waals surface area contributed by atoms with E-state index in [1.165, 1.54) is 43.3 Å². The van der Waals surface area contributed by atoms with Crippen LogP contribution in [0.1, 0.15) is 38.8 Å². The molecule has 1 amide bonds. The Labute approximate surface area is 246 Å². The van der Waals surface area contributed by atoms with Crippen molar-refractivity contribution in [1.29, 1.82) is 0 Å². The molecular weight excluding hydrogens is 547 g/mol. The lowest BCUT2D eigenvalue weighted by atomic mass is 9.64. The first-order chi connectivity index (χ1) is 20.8. The zero-order valence-electron chi connectivity index (χ0n) is 23.0. The monoisotopic (exact) mass is 572 g/mol. The Morgan fingerprint density at radius 1 is 0.837 bits per heavy atom. The summed E-state index contributed by atoms with van der Waals surface area (Å²) in [5.74, 6) is -3.10. The van der Waals surface area contributed by atoms with E-state index in [9.17, 15) is 23.6 Å². The van der Waals surface area contributed by atoms with Crippen LogP contribution in [0.15, 0.2) is 103 Å². The second kappa shape index (κ2) is 9.87. The van der Waals surface area contributed by atoms with Crippen LogP contribution < -0.4 is 15.0 Å². The number of fused-ring (bicyclic) bond motifs is 6. The molecule has 4 aromatic rings. The lowest BCUT2D eigenvalue weighted by Gasteiger charge is -2.37. The van der Waals surface area contributed by atoms with Gasteiger partial charge in [0.1, 0.15) is 23.0 Å². The zero-order valence-corrected chi connectivity index (χ0v) is 23.0. The third-order valence-corrected chi connectivity index (χ3v) is 8.62. The van der Waals surface area contributed by atoms with E-state index in [4.69, 9.17) is 4.74 Å². The number of anilines is 2. The van der Waals surface area contributed by atoms with Crippen molar-refractivity contribution in [3.05, 3.63) is 131 Å². The van der Waals surface area contributed by atoms with Crippen LogP contribution in [0.3, 0.4) is 0 Å². The summed E-state index contributed by atoms with van der Waals surface area (Å²) in [5.41, 5.74) is 1.78. The van der Waals surface area contributed by atoms with Crippen LogP contribution in [-0.2, 0) is 15.0 Å². The number of halogens is 1. The highest BCUT2D eigenvalue weighted by Crippen LogP contribution is 2.58. The molecule has 43 heavy (non-hydrogen) atoms. The van der Waals surface area contributed by atoms with Gasteiger partial charge in [-0.15, -0.1) is 0 Å². The Morgan fingerprint density at radius 3 is 2.23 bits per heavy atom. The summed E-state index contributed by atoms with van der Waals surface area (Å²) in [5, 5.41) is 2.99. The van der Waals surface area contributed by atoms with E-state index in [0.717, 1.165) is 11.3 Å². The van der Waals surface area contributed by atoms with Gasteiger partial charge in [0, 0.05) is 29.4 Å². The smallest absolute Gasteiger partial charge is 0.308 e. The SMILES string of the molecule is CC(=O)Oc1ccc(C(=O)[C@H]2[C@@H](C(=O)c3ccc(F)cc3)[C@]3(C(=O)Nc4ccccc43)[C@H]3C=Cc4ccccc4N23)cc1. The molecule has 1 spiro atoms. The van der Waals surface area contributed by atoms with E-state index in [1.54, 1.807) is 24.3 Å². The largest absolute Gasteiger partial charge is 0.427 e. The quantitative estimate of drug-likeness (QED) is 0.190. The molecule has 212 valence electrons. The number of hydrogen-bond donors (Lipinski definition) is 1. The minimum absolute atomic E-state index is 0.197. The van der Waals surface area contributed by atoms with Crippen LogP contribution in [0.5, 0.6) is 5.75 Å². The minimum atomic E-state index is -1.47. The summed E-state index contributed by atoms with van der Waals surface area (Å²) in [6.07, 6.45) is 3.82. The summed E-state index contributed by atoms with van der Waals surface area (Å²) >= 11 is 0. The fourth-order valence-corrected chi connectivity index (χ4v) is 6.94. The molecule has 7 nitrogen and oxygen atoms in total. The molecule has 3 aliphatic rings. The summed E-state index contributed by atoms with van der Waals surface area (Å²) < 4.78 is 19.1. The maximum Gasteiger partial charge on any atom is 0.308 e. The van der Waals surface area contributed by atoms with Gasteiger partial charge in [0.25, 0.3) is 0 Å². The van der Waals surface area contributed by atoms with Gasteiger partial charge in [-0.3, -0.25) is 19.2 Å². The van der Waals surface area contributed by atoms with E-state index in [-0.39, 0.29) is 28.6 Å². The Kier molecular flexibility index (Phi) is 6.09. The number of carbonyl (C=O) groups is 4.